The lowest BCUT2D eigenvalue weighted by Crippen LogP contribution is -2.47. The molecule has 0 atom stereocenters. The molecule has 14 heavy (non-hydrogen) atoms. The third kappa shape index (κ3) is 1.51. The first-order chi connectivity index (χ1) is 6.41. The summed E-state index contributed by atoms with van der Waals surface area (Å²) in [7, 11) is 0. The van der Waals surface area contributed by atoms with Gasteiger partial charge in [0.05, 0.1) is 0 Å². The second kappa shape index (κ2) is 2.75. The lowest BCUT2D eigenvalue weighted by atomic mass is 9.63. The molecule has 0 radical (unpaired) electrons. The zero-order valence-corrected chi connectivity index (χ0v) is 7.86. The molecule has 3 heteroatoms. The molecule has 76 valence electrons. The Morgan fingerprint density at radius 3 is 2.00 bits per heavy atom. The molecule has 0 unspecified atom stereocenters. The van der Waals surface area contributed by atoms with Gasteiger partial charge in [0.15, 0.2) is 0 Å². The summed E-state index contributed by atoms with van der Waals surface area (Å²) in [5.74, 6) is -2.87. The zero-order valence-electron chi connectivity index (χ0n) is 7.86. The Morgan fingerprint density at radius 2 is 1.57 bits per heavy atom. The van der Waals surface area contributed by atoms with Crippen LogP contribution in [-0.4, -0.2) is 5.92 Å². The molecule has 1 aromatic carbocycles. The molecule has 0 N–H and O–H groups in total. The predicted octanol–water partition coefficient (Wildman–Crippen LogP) is 3.51. The summed E-state index contributed by atoms with van der Waals surface area (Å²) in [5, 5.41) is 0. The fourth-order valence-electron chi connectivity index (χ4n) is 2.15. The summed E-state index contributed by atoms with van der Waals surface area (Å²) < 4.78 is 38.0. The van der Waals surface area contributed by atoms with Crippen molar-refractivity contribution < 1.29 is 13.2 Å². The first kappa shape index (κ1) is 9.56. The summed E-state index contributed by atoms with van der Waals surface area (Å²) >= 11 is 0. The van der Waals surface area contributed by atoms with Crippen molar-refractivity contribution in [1.29, 1.82) is 0 Å². The van der Waals surface area contributed by atoms with Gasteiger partial charge >= 0.3 is 0 Å². The third-order valence-corrected chi connectivity index (χ3v) is 2.84. The number of rotatable bonds is 1. The highest BCUT2D eigenvalue weighted by atomic mass is 19.3. The number of hydrogen-bond donors (Lipinski definition) is 0. The molecule has 0 saturated heterocycles. The molecule has 0 heterocycles. The van der Waals surface area contributed by atoms with Gasteiger partial charge in [-0.15, -0.1) is 0 Å². The maximum Gasteiger partial charge on any atom is 0.249 e. The normalized spacial score (nSPS) is 22.9. The Kier molecular flexibility index (Phi) is 1.88. The van der Waals surface area contributed by atoms with Crippen molar-refractivity contribution in [3.05, 3.63) is 35.6 Å². The van der Waals surface area contributed by atoms with Gasteiger partial charge in [0.25, 0.3) is 0 Å². The number of halogens is 3. The summed E-state index contributed by atoms with van der Waals surface area (Å²) in [4.78, 5) is 0. The highest BCUT2D eigenvalue weighted by Crippen LogP contribution is 2.52. The smallest absolute Gasteiger partial charge is 0.207 e. The van der Waals surface area contributed by atoms with Gasteiger partial charge in [0.1, 0.15) is 5.82 Å². The lowest BCUT2D eigenvalue weighted by molar-refractivity contribution is -0.120. The molecular formula is C11H11F3. The maximum absolute atomic E-state index is 12.7. The molecule has 2 rings (SSSR count). The van der Waals surface area contributed by atoms with Crippen LogP contribution in [0.4, 0.5) is 13.2 Å². The van der Waals surface area contributed by atoms with E-state index in [9.17, 15) is 13.2 Å². The van der Waals surface area contributed by atoms with Crippen LogP contribution < -0.4 is 0 Å². The minimum atomic E-state index is -2.54. The average Bonchev–Trinajstić information content (AvgIpc) is 2.01. The molecule has 1 fully saturated rings. The van der Waals surface area contributed by atoms with E-state index in [1.54, 1.807) is 19.1 Å². The molecule has 1 aromatic rings. The van der Waals surface area contributed by atoms with Crippen LogP contribution in [-0.2, 0) is 5.41 Å². The van der Waals surface area contributed by atoms with Crippen LogP contribution in [0, 0.1) is 5.82 Å². The zero-order chi connectivity index (χ0) is 10.4. The van der Waals surface area contributed by atoms with E-state index in [2.05, 4.69) is 0 Å². The van der Waals surface area contributed by atoms with Crippen LogP contribution in [0.3, 0.4) is 0 Å². The number of alkyl halides is 2. The molecule has 1 aliphatic carbocycles. The van der Waals surface area contributed by atoms with Crippen molar-refractivity contribution >= 4 is 0 Å². The molecule has 0 aromatic heterocycles. The highest BCUT2D eigenvalue weighted by Gasteiger charge is 2.54. The Balaban J connectivity index is 2.21. The Hall–Kier alpha value is -0.990. The topological polar surface area (TPSA) is 0 Å². The van der Waals surface area contributed by atoms with Gasteiger partial charge in [-0.3, -0.25) is 0 Å². The first-order valence-corrected chi connectivity index (χ1v) is 4.55. The van der Waals surface area contributed by atoms with Crippen molar-refractivity contribution in [2.75, 3.05) is 0 Å². The molecule has 1 saturated carbocycles. The van der Waals surface area contributed by atoms with Gasteiger partial charge in [0, 0.05) is 18.3 Å². The van der Waals surface area contributed by atoms with Crippen LogP contribution in [0.1, 0.15) is 25.3 Å². The van der Waals surface area contributed by atoms with E-state index in [1.165, 1.54) is 12.1 Å². The SMILES string of the molecule is CC1(c2ccc(F)cc2)CC(F)(F)C1. The lowest BCUT2D eigenvalue weighted by Gasteiger charge is -2.45. The van der Waals surface area contributed by atoms with Crippen LogP contribution in [0.15, 0.2) is 24.3 Å². The molecule has 0 amide bonds. The van der Waals surface area contributed by atoms with Crippen LogP contribution in [0.2, 0.25) is 0 Å². The van der Waals surface area contributed by atoms with E-state index in [1.807, 2.05) is 0 Å². The predicted molar refractivity (Wildman–Crippen MR) is 47.9 cm³/mol. The Labute approximate surface area is 80.7 Å². The van der Waals surface area contributed by atoms with E-state index in [0.29, 0.717) is 0 Å². The van der Waals surface area contributed by atoms with Gasteiger partial charge in [-0.1, -0.05) is 19.1 Å². The van der Waals surface area contributed by atoms with Gasteiger partial charge < -0.3 is 0 Å². The molecule has 0 nitrogen and oxygen atoms in total. The standard InChI is InChI=1S/C11H11F3/c1-10(6-11(13,14)7-10)8-2-4-9(12)5-3-8/h2-5H,6-7H2,1H3. The minimum absolute atomic E-state index is 0.133. The Morgan fingerprint density at radius 1 is 1.07 bits per heavy atom. The molecule has 0 spiro atoms. The summed E-state index contributed by atoms with van der Waals surface area (Å²) in [6.45, 7) is 1.79. The van der Waals surface area contributed by atoms with E-state index < -0.39 is 11.3 Å². The second-order valence-electron chi connectivity index (χ2n) is 4.28. The van der Waals surface area contributed by atoms with Crippen molar-refractivity contribution in [2.45, 2.75) is 31.1 Å². The number of benzene rings is 1. The van der Waals surface area contributed by atoms with Gasteiger partial charge in [-0.2, -0.15) is 0 Å². The molecule has 0 bridgehead atoms. The molecular weight excluding hydrogens is 189 g/mol. The average molecular weight is 200 g/mol. The fraction of sp³-hybridized carbons (Fsp3) is 0.455. The molecule has 0 aliphatic heterocycles. The van der Waals surface area contributed by atoms with E-state index in [-0.39, 0.29) is 18.7 Å². The fourth-order valence-corrected chi connectivity index (χ4v) is 2.15. The highest BCUT2D eigenvalue weighted by molar-refractivity contribution is 5.29. The van der Waals surface area contributed by atoms with Crippen molar-refractivity contribution in [3.8, 4) is 0 Å². The summed E-state index contributed by atoms with van der Waals surface area (Å²) in [6, 6.07) is 5.81. The first-order valence-electron chi connectivity index (χ1n) is 4.55. The summed E-state index contributed by atoms with van der Waals surface area (Å²) in [6.07, 6.45) is -0.267. The molecule has 1 aliphatic rings. The van der Waals surface area contributed by atoms with Crippen molar-refractivity contribution in [3.63, 3.8) is 0 Å². The maximum atomic E-state index is 12.7. The van der Waals surface area contributed by atoms with Crippen molar-refractivity contribution in [1.82, 2.24) is 0 Å². The minimum Gasteiger partial charge on any atom is -0.207 e. The van der Waals surface area contributed by atoms with Gasteiger partial charge in [0.2, 0.25) is 5.92 Å². The quantitative estimate of drug-likeness (QED) is 0.650. The van der Waals surface area contributed by atoms with E-state index in [4.69, 9.17) is 0 Å². The Bertz CT molecular complexity index is 332. The van der Waals surface area contributed by atoms with Crippen LogP contribution in [0.25, 0.3) is 0 Å². The van der Waals surface area contributed by atoms with Gasteiger partial charge in [-0.25, -0.2) is 13.2 Å². The van der Waals surface area contributed by atoms with E-state index >= 15 is 0 Å². The largest absolute Gasteiger partial charge is 0.249 e. The van der Waals surface area contributed by atoms with Crippen LogP contribution >= 0.6 is 0 Å². The second-order valence-corrected chi connectivity index (χ2v) is 4.28. The van der Waals surface area contributed by atoms with Gasteiger partial charge in [-0.05, 0) is 17.7 Å². The third-order valence-electron chi connectivity index (χ3n) is 2.84. The van der Waals surface area contributed by atoms with Crippen LogP contribution in [0.5, 0.6) is 0 Å². The summed E-state index contributed by atoms with van der Waals surface area (Å²) in [5.41, 5.74) is 0.321. The van der Waals surface area contributed by atoms with Crippen molar-refractivity contribution in [2.24, 2.45) is 0 Å². The number of hydrogen-bond acceptors (Lipinski definition) is 0. The monoisotopic (exact) mass is 200 g/mol. The van der Waals surface area contributed by atoms with E-state index in [0.717, 1.165) is 5.56 Å².